The Morgan fingerprint density at radius 3 is 2.71 bits per heavy atom. The smallest absolute Gasteiger partial charge is 0.232 e. The van der Waals surface area contributed by atoms with Gasteiger partial charge in [-0.1, -0.05) is 13.0 Å². The summed E-state index contributed by atoms with van der Waals surface area (Å²) >= 11 is 0. The first-order valence-corrected chi connectivity index (χ1v) is 5.58. The first-order chi connectivity index (χ1) is 7.99. The molecule has 1 fully saturated rings. The Morgan fingerprint density at radius 1 is 1.41 bits per heavy atom. The van der Waals surface area contributed by atoms with Gasteiger partial charge < -0.3 is 0 Å². The van der Waals surface area contributed by atoms with Crippen molar-refractivity contribution in [3.05, 3.63) is 35.1 Å². The Hall–Kier alpha value is -1.71. The summed E-state index contributed by atoms with van der Waals surface area (Å²) in [6, 6.07) is 4.40. The average Bonchev–Trinajstić information content (AvgIpc) is 2.50. The van der Waals surface area contributed by atoms with E-state index in [9.17, 15) is 14.0 Å². The van der Waals surface area contributed by atoms with E-state index in [2.05, 4.69) is 0 Å². The van der Waals surface area contributed by atoms with Gasteiger partial charge in [-0.15, -0.1) is 0 Å². The summed E-state index contributed by atoms with van der Waals surface area (Å²) < 4.78 is 13.1. The molecule has 17 heavy (non-hydrogen) atoms. The van der Waals surface area contributed by atoms with Crippen molar-refractivity contribution in [1.82, 2.24) is 4.90 Å². The molecule has 0 aliphatic carbocycles. The van der Waals surface area contributed by atoms with Crippen LogP contribution in [0.15, 0.2) is 18.2 Å². The van der Waals surface area contributed by atoms with Crippen LogP contribution in [0.2, 0.25) is 0 Å². The van der Waals surface area contributed by atoms with Gasteiger partial charge in [0.1, 0.15) is 5.82 Å². The summed E-state index contributed by atoms with van der Waals surface area (Å²) in [4.78, 5) is 24.5. The Labute approximate surface area is 99.2 Å². The second-order valence-corrected chi connectivity index (χ2v) is 4.49. The lowest BCUT2D eigenvalue weighted by Crippen LogP contribution is -2.30. The highest BCUT2D eigenvalue weighted by Gasteiger charge is 2.35. The van der Waals surface area contributed by atoms with E-state index in [1.807, 2.05) is 6.92 Å². The minimum atomic E-state index is -0.349. The van der Waals surface area contributed by atoms with Crippen molar-refractivity contribution in [2.24, 2.45) is 5.92 Å². The van der Waals surface area contributed by atoms with Gasteiger partial charge in [0.15, 0.2) is 0 Å². The topological polar surface area (TPSA) is 37.4 Å². The molecular formula is C13H14FNO2. The van der Waals surface area contributed by atoms with Crippen LogP contribution in [0, 0.1) is 18.7 Å². The zero-order valence-electron chi connectivity index (χ0n) is 9.87. The largest absolute Gasteiger partial charge is 0.278 e. The molecule has 1 aromatic carbocycles. The summed E-state index contributed by atoms with van der Waals surface area (Å²) in [6.07, 6.45) is 0.257. The third-order valence-electron chi connectivity index (χ3n) is 3.11. The summed E-state index contributed by atoms with van der Waals surface area (Å²) in [5, 5.41) is 0. The molecule has 1 aliphatic heterocycles. The van der Waals surface area contributed by atoms with Crippen molar-refractivity contribution >= 4 is 11.8 Å². The molecule has 1 aromatic rings. The Kier molecular flexibility index (Phi) is 2.96. The number of nitrogens with zero attached hydrogens (tertiary/aromatic N) is 1. The number of rotatable bonds is 2. The lowest BCUT2D eigenvalue weighted by molar-refractivity contribution is -0.139. The molecule has 4 heteroatoms. The zero-order valence-corrected chi connectivity index (χ0v) is 9.87. The van der Waals surface area contributed by atoms with E-state index in [-0.39, 0.29) is 36.5 Å². The van der Waals surface area contributed by atoms with Crippen LogP contribution in [-0.4, -0.2) is 16.7 Å². The summed E-state index contributed by atoms with van der Waals surface area (Å²) in [6.45, 7) is 3.74. The fraction of sp³-hybridized carbons (Fsp3) is 0.385. The predicted octanol–water partition coefficient (Wildman–Crippen LogP) is 2.03. The first kappa shape index (κ1) is 11.8. The number of hydrogen-bond acceptors (Lipinski definition) is 2. The third kappa shape index (κ3) is 2.20. The van der Waals surface area contributed by atoms with E-state index < -0.39 is 0 Å². The monoisotopic (exact) mass is 235 g/mol. The lowest BCUT2D eigenvalue weighted by Gasteiger charge is -2.16. The minimum absolute atomic E-state index is 0.168. The normalized spacial score (nSPS) is 20.2. The summed E-state index contributed by atoms with van der Waals surface area (Å²) in [5.74, 6) is -0.945. The number of halogens is 1. The van der Waals surface area contributed by atoms with Gasteiger partial charge in [-0.25, -0.2) is 4.39 Å². The van der Waals surface area contributed by atoms with Crippen molar-refractivity contribution in [3.8, 4) is 0 Å². The van der Waals surface area contributed by atoms with Gasteiger partial charge in [0.2, 0.25) is 11.8 Å². The van der Waals surface area contributed by atoms with Crippen LogP contribution in [0.1, 0.15) is 24.5 Å². The molecule has 3 nitrogen and oxygen atoms in total. The standard InChI is InChI=1S/C13H14FNO2/c1-8-3-4-11(14)6-10(8)7-15-12(16)5-9(2)13(15)17/h3-4,6,9H,5,7H2,1-2H3. The molecule has 0 aromatic heterocycles. The van der Waals surface area contributed by atoms with Crippen LogP contribution < -0.4 is 0 Å². The average molecular weight is 235 g/mol. The van der Waals surface area contributed by atoms with Crippen molar-refractivity contribution in [1.29, 1.82) is 0 Å². The highest BCUT2D eigenvalue weighted by atomic mass is 19.1. The maximum absolute atomic E-state index is 13.1. The molecular weight excluding hydrogens is 221 g/mol. The van der Waals surface area contributed by atoms with Crippen molar-refractivity contribution in [2.45, 2.75) is 26.8 Å². The zero-order chi connectivity index (χ0) is 12.6. The van der Waals surface area contributed by atoms with Crippen LogP contribution >= 0.6 is 0 Å². The van der Waals surface area contributed by atoms with Crippen molar-refractivity contribution < 1.29 is 14.0 Å². The molecule has 1 saturated heterocycles. The van der Waals surface area contributed by atoms with E-state index in [0.29, 0.717) is 5.56 Å². The van der Waals surface area contributed by atoms with Gasteiger partial charge in [0, 0.05) is 12.3 Å². The van der Waals surface area contributed by atoms with E-state index >= 15 is 0 Å². The van der Waals surface area contributed by atoms with Gasteiger partial charge in [0.25, 0.3) is 0 Å². The Morgan fingerprint density at radius 2 is 2.12 bits per heavy atom. The fourth-order valence-electron chi connectivity index (χ4n) is 2.00. The Bertz CT molecular complexity index is 484. The van der Waals surface area contributed by atoms with Gasteiger partial charge in [-0.3, -0.25) is 14.5 Å². The van der Waals surface area contributed by atoms with Gasteiger partial charge in [0.05, 0.1) is 6.54 Å². The number of benzene rings is 1. The van der Waals surface area contributed by atoms with Gasteiger partial charge >= 0.3 is 0 Å². The molecule has 1 unspecified atom stereocenters. The molecule has 1 heterocycles. The van der Waals surface area contributed by atoms with E-state index in [1.54, 1.807) is 13.0 Å². The maximum Gasteiger partial charge on any atom is 0.232 e. The van der Waals surface area contributed by atoms with Crippen LogP contribution in [0.5, 0.6) is 0 Å². The number of carbonyl (C=O) groups is 2. The number of aryl methyl sites for hydroxylation is 1. The summed E-state index contributed by atoms with van der Waals surface area (Å²) in [7, 11) is 0. The van der Waals surface area contributed by atoms with Crippen LogP contribution in [-0.2, 0) is 16.1 Å². The first-order valence-electron chi connectivity index (χ1n) is 5.58. The minimum Gasteiger partial charge on any atom is -0.278 e. The number of likely N-dealkylation sites (tertiary alicyclic amines) is 1. The molecule has 0 spiro atoms. The molecule has 0 N–H and O–H groups in total. The van der Waals surface area contributed by atoms with Gasteiger partial charge in [-0.05, 0) is 30.2 Å². The molecule has 2 rings (SSSR count). The quantitative estimate of drug-likeness (QED) is 0.735. The SMILES string of the molecule is Cc1ccc(F)cc1CN1C(=O)CC(C)C1=O. The van der Waals surface area contributed by atoms with Crippen LogP contribution in [0.4, 0.5) is 4.39 Å². The Balaban J connectivity index is 2.24. The number of hydrogen-bond donors (Lipinski definition) is 0. The third-order valence-corrected chi connectivity index (χ3v) is 3.11. The second kappa shape index (κ2) is 4.28. The predicted molar refractivity (Wildman–Crippen MR) is 60.5 cm³/mol. The lowest BCUT2D eigenvalue weighted by atomic mass is 10.1. The number of amides is 2. The number of imide groups is 1. The van der Waals surface area contributed by atoms with E-state index in [0.717, 1.165) is 5.56 Å². The van der Waals surface area contributed by atoms with E-state index in [1.165, 1.54) is 17.0 Å². The molecule has 1 aliphatic rings. The molecule has 90 valence electrons. The molecule has 0 saturated carbocycles. The maximum atomic E-state index is 13.1. The highest BCUT2D eigenvalue weighted by Crippen LogP contribution is 2.22. The number of carbonyl (C=O) groups excluding carboxylic acids is 2. The van der Waals surface area contributed by atoms with Crippen molar-refractivity contribution in [3.63, 3.8) is 0 Å². The van der Waals surface area contributed by atoms with Crippen molar-refractivity contribution in [2.75, 3.05) is 0 Å². The molecule has 0 radical (unpaired) electrons. The van der Waals surface area contributed by atoms with Crippen LogP contribution in [0.3, 0.4) is 0 Å². The highest BCUT2D eigenvalue weighted by molar-refractivity contribution is 6.03. The fourth-order valence-corrected chi connectivity index (χ4v) is 2.00. The molecule has 1 atom stereocenters. The molecule has 0 bridgehead atoms. The van der Waals surface area contributed by atoms with E-state index in [4.69, 9.17) is 0 Å². The second-order valence-electron chi connectivity index (χ2n) is 4.49. The molecule has 2 amide bonds. The summed E-state index contributed by atoms with van der Waals surface area (Å²) in [5.41, 5.74) is 1.56. The van der Waals surface area contributed by atoms with Gasteiger partial charge in [-0.2, -0.15) is 0 Å². The van der Waals surface area contributed by atoms with Crippen LogP contribution in [0.25, 0.3) is 0 Å².